The van der Waals surface area contributed by atoms with Crippen molar-refractivity contribution in [2.75, 3.05) is 0 Å². The molecule has 2 nitrogen and oxygen atoms in total. The van der Waals surface area contributed by atoms with Crippen molar-refractivity contribution in [3.05, 3.63) is 35.4 Å². The summed E-state index contributed by atoms with van der Waals surface area (Å²) in [5.74, 6) is 8.13. The van der Waals surface area contributed by atoms with E-state index in [1.54, 1.807) is 0 Å². The number of nitrogens with one attached hydrogen (secondary N) is 1. The second-order valence-corrected chi connectivity index (χ2v) is 3.56. The van der Waals surface area contributed by atoms with Crippen LogP contribution in [0.1, 0.15) is 36.9 Å². The van der Waals surface area contributed by atoms with Gasteiger partial charge in [0, 0.05) is 12.5 Å². The molecule has 0 saturated carbocycles. The second kappa shape index (κ2) is 6.23. The largest absolute Gasteiger partial charge is 0.271 e. The predicted molar refractivity (Wildman–Crippen MR) is 64.0 cm³/mol. The van der Waals surface area contributed by atoms with E-state index in [9.17, 15) is 0 Å². The molecule has 0 radical (unpaired) electrons. The summed E-state index contributed by atoms with van der Waals surface area (Å²) in [6, 6.07) is 8.65. The van der Waals surface area contributed by atoms with Crippen molar-refractivity contribution in [1.82, 2.24) is 5.43 Å². The van der Waals surface area contributed by atoms with Crippen LogP contribution in [0.25, 0.3) is 0 Å². The second-order valence-electron chi connectivity index (χ2n) is 3.56. The molecule has 0 amide bonds. The molecule has 0 saturated heterocycles. The van der Waals surface area contributed by atoms with E-state index in [4.69, 9.17) is 12.3 Å². The summed E-state index contributed by atoms with van der Waals surface area (Å²) in [4.78, 5) is 0. The van der Waals surface area contributed by atoms with Crippen LogP contribution in [0.5, 0.6) is 0 Å². The van der Waals surface area contributed by atoms with Gasteiger partial charge in [0.15, 0.2) is 0 Å². The fraction of sp³-hybridized carbons (Fsp3) is 0.385. The van der Waals surface area contributed by atoms with E-state index in [0.29, 0.717) is 0 Å². The van der Waals surface area contributed by atoms with Crippen LogP contribution in [0, 0.1) is 12.3 Å². The lowest BCUT2D eigenvalue weighted by Crippen LogP contribution is -2.27. The normalized spacial score (nSPS) is 12.1. The van der Waals surface area contributed by atoms with Crippen LogP contribution in [0.4, 0.5) is 0 Å². The highest BCUT2D eigenvalue weighted by Crippen LogP contribution is 2.18. The van der Waals surface area contributed by atoms with E-state index in [-0.39, 0.29) is 6.04 Å². The average molecular weight is 202 g/mol. The molecule has 0 aliphatic carbocycles. The van der Waals surface area contributed by atoms with Crippen LogP contribution in [-0.2, 0) is 6.42 Å². The molecule has 3 N–H and O–H groups in total. The smallest absolute Gasteiger partial charge is 0.0469 e. The summed E-state index contributed by atoms with van der Waals surface area (Å²) in [5.41, 5.74) is 5.33. The van der Waals surface area contributed by atoms with E-state index < -0.39 is 0 Å². The number of benzene rings is 1. The van der Waals surface area contributed by atoms with Crippen molar-refractivity contribution in [1.29, 1.82) is 0 Å². The van der Waals surface area contributed by atoms with Gasteiger partial charge < -0.3 is 0 Å². The molecule has 0 bridgehead atoms. The molecule has 80 valence electrons. The van der Waals surface area contributed by atoms with Crippen molar-refractivity contribution >= 4 is 0 Å². The molecule has 0 spiro atoms. The topological polar surface area (TPSA) is 38.0 Å². The number of hydrogen-bond acceptors (Lipinski definition) is 2. The minimum Gasteiger partial charge on any atom is -0.271 e. The Morgan fingerprint density at radius 2 is 2.07 bits per heavy atom. The average Bonchev–Trinajstić information content (AvgIpc) is 2.31. The quantitative estimate of drug-likeness (QED) is 0.436. The monoisotopic (exact) mass is 202 g/mol. The van der Waals surface area contributed by atoms with Gasteiger partial charge in [0.05, 0.1) is 0 Å². The number of aryl methyl sites for hydroxylation is 1. The Morgan fingerprint density at radius 3 is 2.53 bits per heavy atom. The predicted octanol–water partition coefficient (Wildman–Crippen LogP) is 2.17. The standard InChI is InChI=1S/C13H18N2/c1-3-5-6-13(15-14)12-9-7-11(4-2)8-10-12/h1,7-10,13,15H,4-6,14H2,2H3. The number of hydrazine groups is 1. The van der Waals surface area contributed by atoms with Gasteiger partial charge in [-0.3, -0.25) is 11.3 Å². The van der Waals surface area contributed by atoms with Crippen molar-refractivity contribution in [2.45, 2.75) is 32.2 Å². The molecule has 1 atom stereocenters. The van der Waals surface area contributed by atoms with Gasteiger partial charge >= 0.3 is 0 Å². The van der Waals surface area contributed by atoms with Crippen LogP contribution in [-0.4, -0.2) is 0 Å². The Morgan fingerprint density at radius 1 is 1.40 bits per heavy atom. The van der Waals surface area contributed by atoms with Gasteiger partial charge in [-0.25, -0.2) is 0 Å². The van der Waals surface area contributed by atoms with Crippen LogP contribution < -0.4 is 11.3 Å². The fourth-order valence-electron chi connectivity index (χ4n) is 1.56. The minimum atomic E-state index is 0.159. The third-order valence-corrected chi connectivity index (χ3v) is 2.57. The van der Waals surface area contributed by atoms with Crippen molar-refractivity contribution in [2.24, 2.45) is 5.84 Å². The molecular weight excluding hydrogens is 184 g/mol. The molecule has 0 heterocycles. The maximum Gasteiger partial charge on any atom is 0.0469 e. The highest BCUT2D eigenvalue weighted by molar-refractivity contribution is 5.25. The van der Waals surface area contributed by atoms with Crippen LogP contribution in [0.15, 0.2) is 24.3 Å². The molecule has 0 aliphatic rings. The van der Waals surface area contributed by atoms with Crippen molar-refractivity contribution in [3.63, 3.8) is 0 Å². The minimum absolute atomic E-state index is 0.159. The van der Waals surface area contributed by atoms with E-state index in [1.165, 1.54) is 11.1 Å². The third-order valence-electron chi connectivity index (χ3n) is 2.57. The Balaban J connectivity index is 2.70. The lowest BCUT2D eigenvalue weighted by Gasteiger charge is -2.15. The van der Waals surface area contributed by atoms with Crippen molar-refractivity contribution < 1.29 is 0 Å². The SMILES string of the molecule is C#CCCC(NN)c1ccc(CC)cc1. The molecule has 1 unspecified atom stereocenters. The first-order valence-electron chi connectivity index (χ1n) is 5.30. The van der Waals surface area contributed by atoms with Gasteiger partial charge in [0.25, 0.3) is 0 Å². The summed E-state index contributed by atoms with van der Waals surface area (Å²) in [6.07, 6.45) is 7.91. The van der Waals surface area contributed by atoms with Gasteiger partial charge in [-0.15, -0.1) is 12.3 Å². The first-order valence-corrected chi connectivity index (χ1v) is 5.30. The maximum absolute atomic E-state index is 5.50. The molecule has 1 aromatic rings. The summed E-state index contributed by atoms with van der Waals surface area (Å²) in [7, 11) is 0. The van der Waals surface area contributed by atoms with Gasteiger partial charge in [-0.1, -0.05) is 31.2 Å². The lowest BCUT2D eigenvalue weighted by atomic mass is 10.0. The zero-order valence-corrected chi connectivity index (χ0v) is 9.16. The summed E-state index contributed by atoms with van der Waals surface area (Å²) in [6.45, 7) is 2.14. The third kappa shape index (κ3) is 3.39. The van der Waals surface area contributed by atoms with Gasteiger partial charge in [0.1, 0.15) is 0 Å². The molecular formula is C13H18N2. The summed E-state index contributed by atoms with van der Waals surface area (Å²) >= 11 is 0. The zero-order valence-electron chi connectivity index (χ0n) is 9.16. The molecule has 15 heavy (non-hydrogen) atoms. The summed E-state index contributed by atoms with van der Waals surface area (Å²) in [5, 5.41) is 0. The highest BCUT2D eigenvalue weighted by atomic mass is 15.2. The first kappa shape index (κ1) is 11.8. The Kier molecular flexibility index (Phi) is 4.89. The van der Waals surface area contributed by atoms with Gasteiger partial charge in [-0.2, -0.15) is 0 Å². The maximum atomic E-state index is 5.50. The van der Waals surface area contributed by atoms with Gasteiger partial charge in [-0.05, 0) is 24.0 Å². The zero-order chi connectivity index (χ0) is 11.1. The number of hydrogen-bond donors (Lipinski definition) is 2. The van der Waals surface area contributed by atoms with Crippen molar-refractivity contribution in [3.8, 4) is 12.3 Å². The first-order chi connectivity index (χ1) is 7.31. The highest BCUT2D eigenvalue weighted by Gasteiger charge is 2.07. The number of rotatable bonds is 5. The van der Waals surface area contributed by atoms with E-state index in [1.807, 2.05) is 0 Å². The molecule has 0 aromatic heterocycles. The molecule has 2 heteroatoms. The summed E-state index contributed by atoms with van der Waals surface area (Å²) < 4.78 is 0. The number of nitrogens with two attached hydrogens (primary N) is 1. The Bertz CT molecular complexity index is 321. The van der Waals surface area contributed by atoms with Crippen LogP contribution in [0.2, 0.25) is 0 Å². The fourth-order valence-corrected chi connectivity index (χ4v) is 1.56. The Hall–Kier alpha value is -1.30. The number of terminal acetylenes is 1. The van der Waals surface area contributed by atoms with Crippen LogP contribution >= 0.6 is 0 Å². The molecule has 0 fully saturated rings. The molecule has 0 aliphatic heterocycles. The van der Waals surface area contributed by atoms with E-state index >= 15 is 0 Å². The van der Waals surface area contributed by atoms with Gasteiger partial charge in [0.2, 0.25) is 0 Å². The van der Waals surface area contributed by atoms with E-state index in [0.717, 1.165) is 19.3 Å². The Labute approximate surface area is 91.8 Å². The lowest BCUT2D eigenvalue weighted by molar-refractivity contribution is 0.524. The molecule has 1 aromatic carbocycles. The van der Waals surface area contributed by atoms with Crippen LogP contribution in [0.3, 0.4) is 0 Å². The van der Waals surface area contributed by atoms with E-state index in [2.05, 4.69) is 42.5 Å². The molecule has 1 rings (SSSR count).